The van der Waals surface area contributed by atoms with E-state index in [1.165, 1.54) is 12.1 Å². The number of benzene rings is 2. The number of hydrogen-bond acceptors (Lipinski definition) is 3. The number of hydrogen-bond donors (Lipinski definition) is 1. The molecule has 2 aromatic carbocycles. The summed E-state index contributed by atoms with van der Waals surface area (Å²) in [5, 5.41) is 0. The van der Waals surface area contributed by atoms with Gasteiger partial charge in [0.05, 0.1) is 12.8 Å². The lowest BCUT2D eigenvalue weighted by molar-refractivity contribution is 0.409. The van der Waals surface area contributed by atoms with Gasteiger partial charge in [-0.2, -0.15) is 0 Å². The predicted molar refractivity (Wildman–Crippen MR) is 79.4 cm³/mol. The Morgan fingerprint density at radius 2 is 1.76 bits per heavy atom. The first-order valence-electron chi connectivity index (χ1n) is 6.58. The lowest BCUT2D eigenvalue weighted by Crippen LogP contribution is -2.19. The van der Waals surface area contributed by atoms with Crippen LogP contribution in [0.1, 0.15) is 11.1 Å². The van der Waals surface area contributed by atoms with E-state index in [-0.39, 0.29) is 17.8 Å². The normalized spacial score (nSPS) is 10.5. The van der Waals surface area contributed by atoms with E-state index in [0.29, 0.717) is 12.3 Å². The Bertz CT molecular complexity index is 632. The largest absolute Gasteiger partial charge is 0.496 e. The van der Waals surface area contributed by atoms with Gasteiger partial charge in [-0.3, -0.25) is 0 Å². The van der Waals surface area contributed by atoms with E-state index in [2.05, 4.69) is 0 Å². The molecule has 0 amide bonds. The summed E-state index contributed by atoms with van der Waals surface area (Å²) in [5.41, 5.74) is 6.62. The molecule has 0 aliphatic heterocycles. The molecule has 0 aliphatic rings. The number of ether oxygens (including phenoxy) is 1. The van der Waals surface area contributed by atoms with Gasteiger partial charge in [-0.05, 0) is 12.1 Å². The molecule has 0 aliphatic carbocycles. The number of methoxy groups -OCH3 is 1. The lowest BCUT2D eigenvalue weighted by Gasteiger charge is -2.22. The van der Waals surface area contributed by atoms with Gasteiger partial charge in [-0.1, -0.05) is 24.3 Å². The Labute approximate surface area is 122 Å². The topological polar surface area (TPSA) is 38.5 Å². The molecule has 0 bridgehead atoms. The van der Waals surface area contributed by atoms with Gasteiger partial charge >= 0.3 is 0 Å². The van der Waals surface area contributed by atoms with Crippen LogP contribution in [0, 0.1) is 11.6 Å². The Balaban J connectivity index is 2.28. The molecule has 21 heavy (non-hydrogen) atoms. The Kier molecular flexibility index (Phi) is 4.75. The zero-order valence-corrected chi connectivity index (χ0v) is 12.1. The first-order chi connectivity index (χ1) is 10.1. The lowest BCUT2D eigenvalue weighted by atomic mass is 10.1. The minimum Gasteiger partial charge on any atom is -0.496 e. The smallest absolute Gasteiger partial charge is 0.182 e. The molecule has 2 N–H and O–H groups in total. The van der Waals surface area contributed by atoms with E-state index < -0.39 is 11.6 Å². The molecule has 3 nitrogen and oxygen atoms in total. The zero-order chi connectivity index (χ0) is 15.4. The van der Waals surface area contributed by atoms with Crippen molar-refractivity contribution in [2.45, 2.75) is 13.1 Å². The highest BCUT2D eigenvalue weighted by Gasteiger charge is 2.16. The van der Waals surface area contributed by atoms with E-state index in [1.807, 2.05) is 24.3 Å². The zero-order valence-electron chi connectivity index (χ0n) is 12.1. The second-order valence-corrected chi connectivity index (χ2v) is 4.74. The summed E-state index contributed by atoms with van der Waals surface area (Å²) < 4.78 is 33.1. The van der Waals surface area contributed by atoms with Crippen molar-refractivity contribution in [3.8, 4) is 5.75 Å². The number of anilines is 1. The van der Waals surface area contributed by atoms with Crippen molar-refractivity contribution in [2.75, 3.05) is 19.1 Å². The van der Waals surface area contributed by atoms with E-state index in [9.17, 15) is 8.78 Å². The molecular weight excluding hydrogens is 274 g/mol. The highest BCUT2D eigenvalue weighted by atomic mass is 19.2. The summed E-state index contributed by atoms with van der Waals surface area (Å²) in [4.78, 5) is 1.64. The molecule has 0 saturated carbocycles. The maximum Gasteiger partial charge on any atom is 0.182 e. The first kappa shape index (κ1) is 15.3. The summed E-state index contributed by atoms with van der Waals surface area (Å²) in [7, 11) is 3.28. The van der Waals surface area contributed by atoms with Crippen LogP contribution in [-0.4, -0.2) is 14.2 Å². The number of halogens is 2. The fraction of sp³-hybridized carbons (Fsp3) is 0.250. The molecule has 0 aromatic heterocycles. The van der Waals surface area contributed by atoms with Crippen LogP contribution >= 0.6 is 0 Å². The van der Waals surface area contributed by atoms with Crippen LogP contribution in [0.3, 0.4) is 0 Å². The van der Waals surface area contributed by atoms with Crippen LogP contribution in [-0.2, 0) is 13.1 Å². The second-order valence-electron chi connectivity index (χ2n) is 4.74. The van der Waals surface area contributed by atoms with Crippen molar-refractivity contribution in [1.82, 2.24) is 0 Å². The molecule has 0 unspecified atom stereocenters. The van der Waals surface area contributed by atoms with E-state index in [1.54, 1.807) is 19.1 Å². The molecule has 2 aromatic rings. The van der Waals surface area contributed by atoms with Gasteiger partial charge in [0.15, 0.2) is 11.6 Å². The van der Waals surface area contributed by atoms with Crippen LogP contribution in [0.15, 0.2) is 36.4 Å². The van der Waals surface area contributed by atoms with Crippen LogP contribution < -0.4 is 15.4 Å². The average molecular weight is 292 g/mol. The van der Waals surface area contributed by atoms with Crippen LogP contribution in [0.25, 0.3) is 0 Å². The minimum absolute atomic E-state index is 0.0285. The summed E-state index contributed by atoms with van der Waals surface area (Å²) in [6.07, 6.45) is 0. The highest BCUT2D eigenvalue weighted by Crippen LogP contribution is 2.26. The van der Waals surface area contributed by atoms with Crippen molar-refractivity contribution < 1.29 is 13.5 Å². The summed E-state index contributed by atoms with van der Waals surface area (Å²) >= 11 is 0. The van der Waals surface area contributed by atoms with E-state index >= 15 is 0 Å². The molecular formula is C16H18F2N2O. The Morgan fingerprint density at radius 3 is 2.43 bits per heavy atom. The van der Waals surface area contributed by atoms with Crippen LogP contribution in [0.2, 0.25) is 0 Å². The summed E-state index contributed by atoms with van der Waals surface area (Å²) in [6.45, 7) is 0.377. The molecule has 0 saturated heterocycles. The predicted octanol–water partition coefficient (Wildman–Crippen LogP) is 3.07. The second kappa shape index (κ2) is 6.54. The quantitative estimate of drug-likeness (QED) is 0.920. The molecule has 0 spiro atoms. The Morgan fingerprint density at radius 1 is 1.05 bits per heavy atom. The standard InChI is InChI=1S/C16H18F2N2O/c1-20(10-12-5-3-4-6-14(12)21-2)13-8-7-11(9-19)15(17)16(13)18/h3-8H,9-10,19H2,1-2H3. The van der Waals surface area contributed by atoms with Gasteiger partial charge < -0.3 is 15.4 Å². The molecule has 0 fully saturated rings. The third kappa shape index (κ3) is 3.13. The molecule has 0 atom stereocenters. The van der Waals surface area contributed by atoms with Crippen molar-refractivity contribution in [2.24, 2.45) is 5.73 Å². The molecule has 2 rings (SSSR count). The number of nitrogens with zero attached hydrogens (tertiary/aromatic N) is 1. The maximum atomic E-state index is 14.1. The molecule has 112 valence electrons. The third-order valence-corrected chi connectivity index (χ3v) is 3.37. The van der Waals surface area contributed by atoms with Gasteiger partial charge in [-0.15, -0.1) is 0 Å². The molecule has 5 heteroatoms. The van der Waals surface area contributed by atoms with Gasteiger partial charge in [-0.25, -0.2) is 8.78 Å². The summed E-state index contributed by atoms with van der Waals surface area (Å²) in [6, 6.07) is 10.5. The van der Waals surface area contributed by atoms with Crippen molar-refractivity contribution >= 4 is 5.69 Å². The van der Waals surface area contributed by atoms with E-state index in [4.69, 9.17) is 10.5 Å². The fourth-order valence-corrected chi connectivity index (χ4v) is 2.21. The van der Waals surface area contributed by atoms with Gasteiger partial charge in [0, 0.05) is 31.3 Å². The highest BCUT2D eigenvalue weighted by molar-refractivity contribution is 5.50. The van der Waals surface area contributed by atoms with Gasteiger partial charge in [0.1, 0.15) is 5.75 Å². The van der Waals surface area contributed by atoms with E-state index in [0.717, 1.165) is 5.56 Å². The molecule has 0 radical (unpaired) electrons. The van der Waals surface area contributed by atoms with Gasteiger partial charge in [0.25, 0.3) is 0 Å². The van der Waals surface area contributed by atoms with Crippen molar-refractivity contribution in [3.05, 3.63) is 59.2 Å². The number of nitrogens with two attached hydrogens (primary N) is 1. The monoisotopic (exact) mass is 292 g/mol. The van der Waals surface area contributed by atoms with Crippen LogP contribution in [0.5, 0.6) is 5.75 Å². The van der Waals surface area contributed by atoms with Crippen molar-refractivity contribution in [1.29, 1.82) is 0 Å². The fourth-order valence-electron chi connectivity index (χ4n) is 2.21. The summed E-state index contributed by atoms with van der Waals surface area (Å²) in [5.74, 6) is -1.05. The van der Waals surface area contributed by atoms with Crippen molar-refractivity contribution in [3.63, 3.8) is 0 Å². The minimum atomic E-state index is -0.887. The number of para-hydroxylation sites is 1. The molecule has 0 heterocycles. The SMILES string of the molecule is COc1ccccc1CN(C)c1ccc(CN)c(F)c1F. The maximum absolute atomic E-state index is 14.1. The van der Waals surface area contributed by atoms with Crippen LogP contribution in [0.4, 0.5) is 14.5 Å². The van der Waals surface area contributed by atoms with Gasteiger partial charge in [0.2, 0.25) is 0 Å². The number of rotatable bonds is 5. The first-order valence-corrected chi connectivity index (χ1v) is 6.58. The third-order valence-electron chi connectivity index (χ3n) is 3.37. The average Bonchev–Trinajstić information content (AvgIpc) is 2.50. The Hall–Kier alpha value is -2.14.